The predicted molar refractivity (Wildman–Crippen MR) is 74.6 cm³/mol. The van der Waals surface area contributed by atoms with Crippen molar-refractivity contribution < 1.29 is 32.2 Å². The summed E-state index contributed by atoms with van der Waals surface area (Å²) in [5, 5.41) is 2.10. The van der Waals surface area contributed by atoms with Crippen LogP contribution in [0.4, 0.5) is 9.18 Å². The Bertz CT molecular complexity index is 377. The molecule has 7 nitrogen and oxygen atoms in total. The number of ether oxygens (including phenoxy) is 2. The molecule has 1 amide bonds. The number of halogens is 1. The van der Waals surface area contributed by atoms with Crippen molar-refractivity contribution in [1.82, 2.24) is 5.32 Å². The Morgan fingerprint density at radius 3 is 2.24 bits per heavy atom. The van der Waals surface area contributed by atoms with Crippen molar-refractivity contribution in [3.63, 3.8) is 0 Å². The maximum Gasteiger partial charge on any atom is 0.410 e. The second kappa shape index (κ2) is 9.67. The Hall–Kier alpha value is -1.22. The number of amides is 1. The van der Waals surface area contributed by atoms with Crippen molar-refractivity contribution in [2.45, 2.75) is 40.2 Å². The number of hydrogen-bond acceptors (Lipinski definition) is 5. The van der Waals surface area contributed by atoms with E-state index in [0.29, 0.717) is 0 Å². The molecule has 0 fully saturated rings. The SMILES string of the molecule is CC(C)C(=O)O[C@H](OC(=O)NC[C@H](F)CS(=O)O)C(C)C. The van der Waals surface area contributed by atoms with E-state index in [1.165, 1.54) is 0 Å². The van der Waals surface area contributed by atoms with Crippen LogP contribution in [0.3, 0.4) is 0 Å². The minimum absolute atomic E-state index is 0.274. The van der Waals surface area contributed by atoms with Crippen molar-refractivity contribution in [2.24, 2.45) is 11.8 Å². The molecule has 21 heavy (non-hydrogen) atoms. The number of alkyl carbamates (subject to hydrolysis) is 1. The summed E-state index contributed by atoms with van der Waals surface area (Å²) in [5.41, 5.74) is 0. The summed E-state index contributed by atoms with van der Waals surface area (Å²) in [7, 11) is 0. The average molecular weight is 327 g/mol. The van der Waals surface area contributed by atoms with Crippen LogP contribution < -0.4 is 5.32 Å². The van der Waals surface area contributed by atoms with Gasteiger partial charge in [0.25, 0.3) is 6.29 Å². The van der Waals surface area contributed by atoms with E-state index in [1.54, 1.807) is 27.7 Å². The molecule has 0 aromatic heterocycles. The van der Waals surface area contributed by atoms with E-state index < -0.39 is 47.9 Å². The van der Waals surface area contributed by atoms with E-state index in [0.717, 1.165) is 0 Å². The molecule has 124 valence electrons. The van der Waals surface area contributed by atoms with Crippen molar-refractivity contribution in [1.29, 1.82) is 0 Å². The minimum Gasteiger partial charge on any atom is -0.425 e. The molecule has 9 heteroatoms. The zero-order valence-electron chi connectivity index (χ0n) is 12.5. The summed E-state index contributed by atoms with van der Waals surface area (Å²) in [4.78, 5) is 22.9. The summed E-state index contributed by atoms with van der Waals surface area (Å²) in [5.74, 6) is -1.76. The fraction of sp³-hybridized carbons (Fsp3) is 0.833. The molecule has 0 heterocycles. The van der Waals surface area contributed by atoms with Gasteiger partial charge in [-0.25, -0.2) is 13.4 Å². The van der Waals surface area contributed by atoms with Gasteiger partial charge >= 0.3 is 12.1 Å². The maximum atomic E-state index is 13.1. The Kier molecular flexibility index (Phi) is 9.11. The van der Waals surface area contributed by atoms with Crippen LogP contribution in [0.2, 0.25) is 0 Å². The van der Waals surface area contributed by atoms with Crippen LogP contribution in [-0.4, -0.2) is 45.6 Å². The van der Waals surface area contributed by atoms with Gasteiger partial charge in [-0.05, 0) is 0 Å². The second-order valence-corrected chi connectivity index (χ2v) is 6.05. The minimum atomic E-state index is -2.28. The van der Waals surface area contributed by atoms with Gasteiger partial charge in [0.15, 0.2) is 11.1 Å². The Morgan fingerprint density at radius 1 is 1.24 bits per heavy atom. The first kappa shape index (κ1) is 19.8. The molecular weight excluding hydrogens is 305 g/mol. The van der Waals surface area contributed by atoms with E-state index in [-0.39, 0.29) is 11.8 Å². The van der Waals surface area contributed by atoms with E-state index in [1.807, 2.05) is 0 Å². The van der Waals surface area contributed by atoms with E-state index >= 15 is 0 Å². The zero-order chi connectivity index (χ0) is 16.6. The topological polar surface area (TPSA) is 102 Å². The molecule has 0 radical (unpaired) electrons. The van der Waals surface area contributed by atoms with Gasteiger partial charge in [0.1, 0.15) is 6.17 Å². The predicted octanol–water partition coefficient (Wildman–Crippen LogP) is 1.45. The lowest BCUT2D eigenvalue weighted by molar-refractivity contribution is -0.178. The number of carbonyl (C=O) groups is 2. The number of hydrogen-bond donors (Lipinski definition) is 2. The molecular formula is C12H22FNO6S. The van der Waals surface area contributed by atoms with Crippen molar-refractivity contribution in [3.8, 4) is 0 Å². The zero-order valence-corrected chi connectivity index (χ0v) is 13.3. The molecule has 0 aliphatic rings. The summed E-state index contributed by atoms with van der Waals surface area (Å²) in [6.45, 7) is 6.20. The van der Waals surface area contributed by atoms with Crippen LogP contribution in [0.15, 0.2) is 0 Å². The fourth-order valence-electron chi connectivity index (χ4n) is 1.10. The summed E-state index contributed by atoms with van der Waals surface area (Å²) in [6.07, 6.45) is -3.71. The molecule has 0 aromatic carbocycles. The first-order valence-electron chi connectivity index (χ1n) is 6.50. The molecule has 2 N–H and O–H groups in total. The molecule has 0 saturated heterocycles. The molecule has 0 rings (SSSR count). The molecule has 0 aliphatic heterocycles. The van der Waals surface area contributed by atoms with Crippen molar-refractivity contribution >= 4 is 23.1 Å². The highest BCUT2D eigenvalue weighted by Crippen LogP contribution is 2.11. The maximum absolute atomic E-state index is 13.1. The number of nitrogens with one attached hydrogen (secondary N) is 1. The van der Waals surface area contributed by atoms with Crippen LogP contribution in [-0.2, 0) is 25.3 Å². The summed E-state index contributed by atoms with van der Waals surface area (Å²) in [6, 6.07) is 0. The van der Waals surface area contributed by atoms with E-state index in [2.05, 4.69) is 5.32 Å². The van der Waals surface area contributed by atoms with Crippen molar-refractivity contribution in [2.75, 3.05) is 12.3 Å². The normalized spacial score (nSPS) is 15.4. The van der Waals surface area contributed by atoms with Gasteiger partial charge in [-0.2, -0.15) is 0 Å². The van der Waals surface area contributed by atoms with Gasteiger partial charge in [-0.1, -0.05) is 27.7 Å². The molecule has 0 aromatic rings. The molecule has 0 bridgehead atoms. The molecule has 0 saturated carbocycles. The second-order valence-electron chi connectivity index (χ2n) is 5.08. The molecule has 1 unspecified atom stereocenters. The Balaban J connectivity index is 4.29. The third kappa shape index (κ3) is 9.35. The first-order valence-corrected chi connectivity index (χ1v) is 7.77. The van der Waals surface area contributed by atoms with Crippen molar-refractivity contribution in [3.05, 3.63) is 0 Å². The van der Waals surface area contributed by atoms with Gasteiger partial charge in [0.2, 0.25) is 0 Å². The third-order valence-corrected chi connectivity index (χ3v) is 2.91. The molecule has 3 atom stereocenters. The van der Waals surface area contributed by atoms with E-state index in [4.69, 9.17) is 14.0 Å². The van der Waals surface area contributed by atoms with Crippen LogP contribution in [0.5, 0.6) is 0 Å². The van der Waals surface area contributed by atoms with Crippen LogP contribution in [0.1, 0.15) is 27.7 Å². The number of rotatable bonds is 8. The lowest BCUT2D eigenvalue weighted by Gasteiger charge is -2.22. The smallest absolute Gasteiger partial charge is 0.410 e. The number of esters is 1. The molecule has 0 spiro atoms. The summed E-state index contributed by atoms with van der Waals surface area (Å²) >= 11 is -2.28. The van der Waals surface area contributed by atoms with Crippen LogP contribution in [0, 0.1) is 11.8 Å². The van der Waals surface area contributed by atoms with Gasteiger partial charge in [0.05, 0.1) is 18.2 Å². The number of carbonyl (C=O) groups excluding carboxylic acids is 2. The molecule has 0 aliphatic carbocycles. The highest BCUT2D eigenvalue weighted by atomic mass is 32.2. The fourth-order valence-corrected chi connectivity index (χ4v) is 1.53. The Morgan fingerprint density at radius 2 is 1.81 bits per heavy atom. The standard InChI is InChI=1S/C12H22FNO6S/c1-7(2)10(15)19-11(8(3)4)20-12(16)14-5-9(13)6-21(17)18/h7-9,11H,5-6H2,1-4H3,(H,14,16)(H,17,18)/t9-,11+/m0/s1. The summed E-state index contributed by atoms with van der Waals surface area (Å²) < 4.78 is 41.9. The van der Waals surface area contributed by atoms with Gasteiger partial charge in [0, 0.05) is 5.92 Å². The third-order valence-electron chi connectivity index (χ3n) is 2.26. The first-order chi connectivity index (χ1) is 9.63. The van der Waals surface area contributed by atoms with Crippen LogP contribution in [0.25, 0.3) is 0 Å². The Labute approximate surface area is 125 Å². The van der Waals surface area contributed by atoms with Gasteiger partial charge < -0.3 is 19.3 Å². The van der Waals surface area contributed by atoms with Crippen LogP contribution >= 0.6 is 0 Å². The lowest BCUT2D eigenvalue weighted by atomic mass is 10.2. The highest BCUT2D eigenvalue weighted by Gasteiger charge is 2.24. The largest absolute Gasteiger partial charge is 0.425 e. The number of alkyl halides is 1. The average Bonchev–Trinajstić information content (AvgIpc) is 2.34. The van der Waals surface area contributed by atoms with E-state index in [9.17, 15) is 18.2 Å². The quantitative estimate of drug-likeness (QED) is 0.397. The monoisotopic (exact) mass is 327 g/mol. The lowest BCUT2D eigenvalue weighted by Crippen LogP contribution is -2.38. The highest BCUT2D eigenvalue weighted by molar-refractivity contribution is 7.79. The van der Waals surface area contributed by atoms with Gasteiger partial charge in [-0.15, -0.1) is 0 Å². The van der Waals surface area contributed by atoms with Gasteiger partial charge in [-0.3, -0.25) is 4.79 Å².